The van der Waals surface area contributed by atoms with E-state index in [2.05, 4.69) is 4.99 Å². The van der Waals surface area contributed by atoms with E-state index in [1.54, 1.807) is 24.3 Å². The van der Waals surface area contributed by atoms with Gasteiger partial charge in [0.2, 0.25) is 0 Å². The maximum atomic E-state index is 9.03. The van der Waals surface area contributed by atoms with E-state index in [9.17, 15) is 0 Å². The molecule has 0 atom stereocenters. The highest BCUT2D eigenvalue weighted by Crippen LogP contribution is 2.17. The third-order valence-corrected chi connectivity index (χ3v) is 2.28. The Kier molecular flexibility index (Phi) is 8.11. The zero-order chi connectivity index (χ0) is 14.9. The topological polar surface area (TPSA) is 159 Å². The molecule has 1 rings (SSSR count). The molecule has 0 amide bonds. The molecular formula is C9H15N3O5S2. The van der Waals surface area contributed by atoms with Crippen molar-refractivity contribution in [3.8, 4) is 5.75 Å². The molecule has 108 valence electrons. The Balaban J connectivity index is 0.000000555. The van der Waals surface area contributed by atoms with Crippen LogP contribution >= 0.6 is 11.8 Å². The Morgan fingerprint density at radius 3 is 2.16 bits per heavy atom. The summed E-state index contributed by atoms with van der Waals surface area (Å²) in [7, 11) is -4.67. The third-order valence-electron chi connectivity index (χ3n) is 1.46. The summed E-state index contributed by atoms with van der Waals surface area (Å²) in [5, 5.41) is 9.52. The number of phenolic OH excluding ortho intramolecular Hbond substituents is 1. The fourth-order valence-electron chi connectivity index (χ4n) is 0.850. The molecule has 0 aliphatic heterocycles. The van der Waals surface area contributed by atoms with Crippen molar-refractivity contribution in [3.63, 3.8) is 0 Å². The van der Waals surface area contributed by atoms with E-state index in [-0.39, 0.29) is 5.75 Å². The van der Waals surface area contributed by atoms with Gasteiger partial charge in [-0.25, -0.2) is 4.99 Å². The molecule has 0 spiro atoms. The summed E-state index contributed by atoms with van der Waals surface area (Å²) >= 11 is 1.42. The average molecular weight is 309 g/mol. The summed E-state index contributed by atoms with van der Waals surface area (Å²) in [6, 6.07) is 6.54. The second-order valence-electron chi connectivity index (χ2n) is 3.05. The van der Waals surface area contributed by atoms with Gasteiger partial charge < -0.3 is 16.6 Å². The molecule has 0 aliphatic carbocycles. The number of aromatic hydroxyl groups is 1. The van der Waals surface area contributed by atoms with Crippen LogP contribution in [0.2, 0.25) is 0 Å². The Bertz CT molecular complexity index is 493. The summed E-state index contributed by atoms with van der Waals surface area (Å²) in [5.41, 5.74) is 11.7. The van der Waals surface area contributed by atoms with Crippen LogP contribution in [-0.4, -0.2) is 40.1 Å². The molecule has 0 radical (unpaired) electrons. The fraction of sp³-hybridized carbons (Fsp3) is 0.222. The van der Waals surface area contributed by atoms with E-state index in [1.807, 2.05) is 0 Å². The standard InChI is InChI=1S/C9H13N3OS.H2O4S/c10-5-6-14-9(11)12-7-1-3-8(13)4-2-7;1-5(2,3)4/h1-4,13H,5-6,10H2,(H2,11,12);(H2,1,2,3,4). The molecule has 0 saturated carbocycles. The number of nitrogens with two attached hydrogens (primary N) is 2. The van der Waals surface area contributed by atoms with Crippen molar-refractivity contribution in [2.75, 3.05) is 12.3 Å². The monoisotopic (exact) mass is 309 g/mol. The van der Waals surface area contributed by atoms with Crippen LogP contribution in [0.1, 0.15) is 0 Å². The molecule has 0 bridgehead atoms. The van der Waals surface area contributed by atoms with Crippen LogP contribution in [0.3, 0.4) is 0 Å². The number of hydrogen-bond acceptors (Lipinski definition) is 6. The zero-order valence-corrected chi connectivity index (χ0v) is 11.4. The summed E-state index contributed by atoms with van der Waals surface area (Å²) in [6.07, 6.45) is 0. The molecule has 1 aromatic rings. The molecule has 7 N–H and O–H groups in total. The Hall–Kier alpha value is -1.33. The van der Waals surface area contributed by atoms with Crippen LogP contribution in [-0.2, 0) is 10.4 Å². The van der Waals surface area contributed by atoms with Crippen molar-refractivity contribution in [1.82, 2.24) is 0 Å². The second-order valence-corrected chi connectivity index (χ2v) is 5.06. The normalized spacial score (nSPS) is 11.6. The lowest BCUT2D eigenvalue weighted by atomic mass is 10.3. The van der Waals surface area contributed by atoms with E-state index in [0.717, 1.165) is 11.4 Å². The molecule has 0 aliphatic rings. The van der Waals surface area contributed by atoms with Gasteiger partial charge in [0.25, 0.3) is 0 Å². The Labute approximate surface area is 115 Å². The van der Waals surface area contributed by atoms with Gasteiger partial charge in [0, 0.05) is 12.3 Å². The Morgan fingerprint density at radius 1 is 1.26 bits per heavy atom. The first-order chi connectivity index (χ1) is 8.72. The molecule has 8 nitrogen and oxygen atoms in total. The van der Waals surface area contributed by atoms with Crippen molar-refractivity contribution in [2.24, 2.45) is 16.5 Å². The second kappa shape index (κ2) is 8.72. The minimum absolute atomic E-state index is 0.220. The summed E-state index contributed by atoms with van der Waals surface area (Å²) in [6.45, 7) is 0.580. The molecule has 0 unspecified atom stereocenters. The van der Waals surface area contributed by atoms with Crippen LogP contribution in [0.5, 0.6) is 5.75 Å². The number of benzene rings is 1. The highest BCUT2D eigenvalue weighted by Gasteiger charge is 1.94. The zero-order valence-electron chi connectivity index (χ0n) is 9.80. The van der Waals surface area contributed by atoms with Crippen LogP contribution in [0.15, 0.2) is 29.3 Å². The van der Waals surface area contributed by atoms with Crippen LogP contribution < -0.4 is 11.5 Å². The summed E-state index contributed by atoms with van der Waals surface area (Å²) < 4.78 is 31.6. The van der Waals surface area contributed by atoms with Crippen molar-refractivity contribution in [2.45, 2.75) is 0 Å². The predicted octanol–water partition coefficient (Wildman–Crippen LogP) is 0.377. The lowest BCUT2D eigenvalue weighted by molar-refractivity contribution is 0.381. The van der Waals surface area contributed by atoms with E-state index in [1.165, 1.54) is 11.8 Å². The van der Waals surface area contributed by atoms with Crippen LogP contribution in [0.4, 0.5) is 5.69 Å². The maximum Gasteiger partial charge on any atom is 0.394 e. The van der Waals surface area contributed by atoms with Gasteiger partial charge in [-0.15, -0.1) is 0 Å². The minimum Gasteiger partial charge on any atom is -0.508 e. The summed E-state index contributed by atoms with van der Waals surface area (Å²) in [4.78, 5) is 4.13. The maximum absolute atomic E-state index is 9.03. The predicted molar refractivity (Wildman–Crippen MR) is 75.1 cm³/mol. The Morgan fingerprint density at radius 2 is 1.74 bits per heavy atom. The molecule has 1 aromatic carbocycles. The van der Waals surface area contributed by atoms with Gasteiger partial charge >= 0.3 is 10.4 Å². The molecule has 0 heterocycles. The highest BCUT2D eigenvalue weighted by atomic mass is 32.3. The number of amidine groups is 1. The first-order valence-electron chi connectivity index (χ1n) is 4.88. The molecule has 10 heteroatoms. The molecule has 0 saturated heterocycles. The largest absolute Gasteiger partial charge is 0.508 e. The number of hydrogen-bond donors (Lipinski definition) is 5. The molecule has 0 aromatic heterocycles. The first-order valence-corrected chi connectivity index (χ1v) is 7.26. The van der Waals surface area contributed by atoms with E-state index < -0.39 is 10.4 Å². The van der Waals surface area contributed by atoms with Gasteiger partial charge in [-0.3, -0.25) is 9.11 Å². The van der Waals surface area contributed by atoms with Crippen molar-refractivity contribution >= 4 is 33.0 Å². The van der Waals surface area contributed by atoms with Crippen molar-refractivity contribution < 1.29 is 22.6 Å². The fourth-order valence-corrected chi connectivity index (χ4v) is 1.35. The van der Waals surface area contributed by atoms with Crippen molar-refractivity contribution in [3.05, 3.63) is 24.3 Å². The van der Waals surface area contributed by atoms with E-state index in [0.29, 0.717) is 11.7 Å². The smallest absolute Gasteiger partial charge is 0.394 e. The number of aliphatic imine (C=N–C) groups is 1. The number of nitrogens with zero attached hydrogens (tertiary/aromatic N) is 1. The molecule has 19 heavy (non-hydrogen) atoms. The number of thioether (sulfide) groups is 1. The van der Waals surface area contributed by atoms with Gasteiger partial charge in [-0.05, 0) is 24.3 Å². The van der Waals surface area contributed by atoms with E-state index >= 15 is 0 Å². The first kappa shape index (κ1) is 17.7. The van der Waals surface area contributed by atoms with Crippen LogP contribution in [0.25, 0.3) is 0 Å². The van der Waals surface area contributed by atoms with Gasteiger partial charge in [-0.2, -0.15) is 8.42 Å². The molecular weight excluding hydrogens is 294 g/mol. The quantitative estimate of drug-likeness (QED) is 0.304. The minimum atomic E-state index is -4.67. The van der Waals surface area contributed by atoms with Gasteiger partial charge in [0.05, 0.1) is 5.69 Å². The van der Waals surface area contributed by atoms with Crippen molar-refractivity contribution in [1.29, 1.82) is 0 Å². The lowest BCUT2D eigenvalue weighted by Crippen LogP contribution is -2.10. The highest BCUT2D eigenvalue weighted by molar-refractivity contribution is 8.13. The van der Waals surface area contributed by atoms with Crippen LogP contribution in [0, 0.1) is 0 Å². The van der Waals surface area contributed by atoms with Gasteiger partial charge in [0.15, 0.2) is 5.17 Å². The van der Waals surface area contributed by atoms with Gasteiger partial charge in [0.1, 0.15) is 5.75 Å². The van der Waals surface area contributed by atoms with Gasteiger partial charge in [-0.1, -0.05) is 11.8 Å². The summed E-state index contributed by atoms with van der Waals surface area (Å²) in [5.74, 6) is 0.977. The lowest BCUT2D eigenvalue weighted by Gasteiger charge is -1.99. The average Bonchev–Trinajstić information content (AvgIpc) is 2.27. The number of phenols is 1. The van der Waals surface area contributed by atoms with E-state index in [4.69, 9.17) is 34.1 Å². The number of rotatable bonds is 3. The molecule has 0 fully saturated rings. The third kappa shape index (κ3) is 12.9. The SMILES string of the molecule is NCCSC(N)=Nc1ccc(O)cc1.O=S(=O)(O)O.